The number of pyridine rings is 1. The van der Waals surface area contributed by atoms with E-state index in [1.165, 1.54) is 17.7 Å². The normalized spacial score (nSPS) is 16.9. The van der Waals surface area contributed by atoms with Crippen LogP contribution in [0.2, 0.25) is 0 Å². The SMILES string of the molecule is C=C/C(=C(\C(=C)Cl)c1cc2[nH]c(=O)n(C3CCNC(=O)C3)c(=O)c2s1)c1cc(C)c2ncnn2c1. The van der Waals surface area contributed by atoms with Gasteiger partial charge in [0.15, 0.2) is 5.65 Å². The van der Waals surface area contributed by atoms with Gasteiger partial charge in [-0.15, -0.1) is 11.3 Å². The number of nitrogens with zero attached hydrogens (tertiary/aromatic N) is 4. The number of H-pyrrole nitrogens is 1. The largest absolute Gasteiger partial charge is 0.356 e. The number of carbonyl (C=O) groups excluding carboxylic acids is 1. The first kappa shape index (κ1) is 23.0. The highest BCUT2D eigenvalue weighted by atomic mass is 35.5. The van der Waals surface area contributed by atoms with Crippen LogP contribution in [0, 0.1) is 6.92 Å². The molecule has 35 heavy (non-hydrogen) atoms. The number of hydrogen-bond donors (Lipinski definition) is 2. The van der Waals surface area contributed by atoms with Gasteiger partial charge in [0.2, 0.25) is 5.91 Å². The fourth-order valence-electron chi connectivity index (χ4n) is 4.48. The molecule has 1 unspecified atom stereocenters. The summed E-state index contributed by atoms with van der Waals surface area (Å²) in [5, 5.41) is 7.21. The lowest BCUT2D eigenvalue weighted by molar-refractivity contribution is -0.123. The van der Waals surface area contributed by atoms with Crippen LogP contribution in [0.15, 0.2) is 58.5 Å². The summed E-state index contributed by atoms with van der Waals surface area (Å²) in [4.78, 5) is 45.7. The average molecular weight is 509 g/mol. The maximum absolute atomic E-state index is 13.3. The molecule has 1 amide bonds. The first-order valence-electron chi connectivity index (χ1n) is 10.9. The van der Waals surface area contributed by atoms with Crippen molar-refractivity contribution in [1.29, 1.82) is 0 Å². The second kappa shape index (κ2) is 8.79. The van der Waals surface area contributed by atoms with Crippen LogP contribution in [0.3, 0.4) is 0 Å². The van der Waals surface area contributed by atoms with Gasteiger partial charge < -0.3 is 10.3 Å². The molecule has 4 aromatic heterocycles. The minimum Gasteiger partial charge on any atom is -0.356 e. The lowest BCUT2D eigenvalue weighted by atomic mass is 9.98. The van der Waals surface area contributed by atoms with E-state index in [9.17, 15) is 14.4 Å². The van der Waals surface area contributed by atoms with Gasteiger partial charge in [-0.25, -0.2) is 14.3 Å². The predicted molar refractivity (Wildman–Crippen MR) is 138 cm³/mol. The van der Waals surface area contributed by atoms with Crippen molar-refractivity contribution in [2.45, 2.75) is 25.8 Å². The van der Waals surface area contributed by atoms with Crippen LogP contribution in [-0.2, 0) is 4.79 Å². The van der Waals surface area contributed by atoms with Gasteiger partial charge in [-0.3, -0.25) is 14.2 Å². The van der Waals surface area contributed by atoms with Gasteiger partial charge in [0.05, 0.1) is 11.6 Å². The summed E-state index contributed by atoms with van der Waals surface area (Å²) in [5.41, 5.74) is 3.16. The van der Waals surface area contributed by atoms with Crippen LogP contribution in [0.4, 0.5) is 0 Å². The van der Waals surface area contributed by atoms with E-state index in [1.54, 1.807) is 16.7 Å². The third-order valence-electron chi connectivity index (χ3n) is 6.05. The Morgan fingerprint density at radius 2 is 2.11 bits per heavy atom. The molecule has 1 fully saturated rings. The Morgan fingerprint density at radius 1 is 1.31 bits per heavy atom. The quantitative estimate of drug-likeness (QED) is 0.401. The third-order valence-corrected chi connectivity index (χ3v) is 7.38. The lowest BCUT2D eigenvalue weighted by Crippen LogP contribution is -2.43. The number of aromatic amines is 1. The Bertz CT molecular complexity index is 1690. The molecule has 0 bridgehead atoms. The van der Waals surface area contributed by atoms with Crippen molar-refractivity contribution in [3.63, 3.8) is 0 Å². The van der Waals surface area contributed by atoms with Gasteiger partial charge in [0.25, 0.3) is 5.56 Å². The van der Waals surface area contributed by atoms with E-state index < -0.39 is 17.3 Å². The van der Waals surface area contributed by atoms with Gasteiger partial charge in [-0.2, -0.15) is 5.10 Å². The van der Waals surface area contributed by atoms with Gasteiger partial charge in [0.1, 0.15) is 11.0 Å². The number of carbonyl (C=O) groups is 1. The molecule has 2 N–H and O–H groups in total. The summed E-state index contributed by atoms with van der Waals surface area (Å²) in [6, 6.07) is 3.18. The van der Waals surface area contributed by atoms with Crippen LogP contribution in [0.25, 0.3) is 27.0 Å². The predicted octanol–water partition coefficient (Wildman–Crippen LogP) is 3.40. The second-order valence-corrected chi connectivity index (χ2v) is 9.80. The first-order chi connectivity index (χ1) is 16.8. The maximum atomic E-state index is 13.3. The van der Waals surface area contributed by atoms with E-state index in [0.717, 1.165) is 21.3 Å². The number of thiophene rings is 1. The van der Waals surface area contributed by atoms with Crippen molar-refractivity contribution in [3.05, 3.63) is 85.8 Å². The minimum atomic E-state index is -0.544. The molecule has 11 heteroatoms. The number of aryl methyl sites for hydroxylation is 1. The van der Waals surface area contributed by atoms with Crippen molar-refractivity contribution in [2.75, 3.05) is 6.54 Å². The number of nitrogens with one attached hydrogen (secondary N) is 2. The zero-order valence-corrected chi connectivity index (χ0v) is 20.4. The number of rotatable bonds is 5. The van der Waals surface area contributed by atoms with Gasteiger partial charge in [0, 0.05) is 40.2 Å². The molecule has 4 aromatic rings. The first-order valence-corrected chi connectivity index (χ1v) is 12.0. The molecule has 0 spiro atoms. The zero-order valence-electron chi connectivity index (χ0n) is 18.8. The number of halogens is 1. The van der Waals surface area contributed by atoms with Crippen LogP contribution in [0.5, 0.6) is 0 Å². The summed E-state index contributed by atoms with van der Waals surface area (Å²) in [6.45, 7) is 10.3. The fraction of sp³-hybridized carbons (Fsp3) is 0.208. The van der Waals surface area contributed by atoms with Crippen LogP contribution >= 0.6 is 22.9 Å². The molecule has 178 valence electrons. The highest BCUT2D eigenvalue weighted by molar-refractivity contribution is 7.20. The van der Waals surface area contributed by atoms with Gasteiger partial charge >= 0.3 is 5.69 Å². The monoisotopic (exact) mass is 508 g/mol. The second-order valence-electron chi connectivity index (χ2n) is 8.29. The van der Waals surface area contributed by atoms with E-state index in [0.29, 0.717) is 39.2 Å². The summed E-state index contributed by atoms with van der Waals surface area (Å²) in [7, 11) is 0. The Kier molecular flexibility index (Phi) is 5.78. The molecule has 1 aliphatic rings. The van der Waals surface area contributed by atoms with Crippen molar-refractivity contribution in [1.82, 2.24) is 29.5 Å². The van der Waals surface area contributed by atoms with Crippen LogP contribution < -0.4 is 16.6 Å². The van der Waals surface area contributed by atoms with Gasteiger partial charge in [-0.05, 0) is 36.6 Å². The van der Waals surface area contributed by atoms with E-state index in [-0.39, 0.29) is 17.4 Å². The number of hydrogen-bond acceptors (Lipinski definition) is 6. The molecule has 5 heterocycles. The van der Waals surface area contributed by atoms with Crippen LogP contribution in [0.1, 0.15) is 34.9 Å². The smallest absolute Gasteiger partial charge is 0.329 e. The van der Waals surface area contributed by atoms with Crippen LogP contribution in [-0.4, -0.2) is 36.6 Å². The molecule has 0 radical (unpaired) electrons. The molecule has 1 saturated heterocycles. The van der Waals surface area contributed by atoms with E-state index in [2.05, 4.69) is 33.5 Å². The van der Waals surface area contributed by atoms with Crippen molar-refractivity contribution in [3.8, 4) is 0 Å². The van der Waals surface area contributed by atoms with E-state index >= 15 is 0 Å². The molecule has 1 aliphatic heterocycles. The Hall–Kier alpha value is -3.76. The minimum absolute atomic E-state index is 0.0844. The standard InChI is InChI=1S/C24H21ClN6O3S/c1-4-16(14-7-12(2)22-27-11-28-30(22)10-14)20(13(3)25)18-9-17-21(35-18)23(33)31(24(34)29-17)15-5-6-26-19(32)8-15/h4,7,9-11,15H,1,3,5-6,8H2,2H3,(H,26,32)(H,29,34)/b20-16-. The number of allylic oxidation sites excluding steroid dienone is 4. The fourth-order valence-corrected chi connectivity index (χ4v) is 5.88. The number of fused-ring (bicyclic) bond motifs is 2. The summed E-state index contributed by atoms with van der Waals surface area (Å²) in [5.74, 6) is -0.182. The summed E-state index contributed by atoms with van der Waals surface area (Å²) >= 11 is 7.68. The molecule has 1 atom stereocenters. The lowest BCUT2D eigenvalue weighted by Gasteiger charge is -2.23. The third kappa shape index (κ3) is 3.94. The van der Waals surface area contributed by atoms with Gasteiger partial charge in [-0.1, -0.05) is 30.8 Å². The number of amides is 1. The molecule has 0 saturated carbocycles. The molecule has 5 rings (SSSR count). The average Bonchev–Trinajstić information content (AvgIpc) is 3.44. The molecular formula is C24H21ClN6O3S. The number of aromatic nitrogens is 5. The Labute approximate surface area is 208 Å². The molecule has 9 nitrogen and oxygen atoms in total. The highest BCUT2D eigenvalue weighted by Gasteiger charge is 2.25. The summed E-state index contributed by atoms with van der Waals surface area (Å²) in [6.07, 6.45) is 5.57. The Balaban J connectivity index is 1.71. The summed E-state index contributed by atoms with van der Waals surface area (Å²) < 4.78 is 3.19. The molecular weight excluding hydrogens is 488 g/mol. The van der Waals surface area contributed by atoms with E-state index in [1.807, 2.05) is 19.2 Å². The van der Waals surface area contributed by atoms with E-state index in [4.69, 9.17) is 11.6 Å². The van der Waals surface area contributed by atoms with Crippen molar-refractivity contribution < 1.29 is 4.79 Å². The molecule has 0 aliphatic carbocycles. The van der Waals surface area contributed by atoms with Crippen molar-refractivity contribution >= 4 is 55.9 Å². The topological polar surface area (TPSA) is 114 Å². The highest BCUT2D eigenvalue weighted by Crippen LogP contribution is 2.39. The zero-order chi connectivity index (χ0) is 24.9. The number of piperidine rings is 1. The molecule has 0 aromatic carbocycles. The van der Waals surface area contributed by atoms with Crippen molar-refractivity contribution in [2.24, 2.45) is 0 Å². The maximum Gasteiger partial charge on any atom is 0.329 e. The Morgan fingerprint density at radius 3 is 2.83 bits per heavy atom.